The van der Waals surface area contributed by atoms with E-state index >= 15 is 0 Å². The Balaban J connectivity index is 2.86. The number of fused-ring (bicyclic) bond motifs is 1. The minimum atomic E-state index is 0.718. The zero-order chi connectivity index (χ0) is 8.55. The summed E-state index contributed by atoms with van der Waals surface area (Å²) in [5, 5.41) is 1.09. The Morgan fingerprint density at radius 1 is 1.42 bits per heavy atom. The average molecular weight is 271 g/mol. The van der Waals surface area contributed by atoms with E-state index in [4.69, 9.17) is 0 Å². The number of hydrogen-bond donors (Lipinski definition) is 1. The highest BCUT2D eigenvalue weighted by molar-refractivity contribution is 14.1. The fraction of sp³-hybridized carbons (Fsp3) is 0. The molecule has 0 unspecified atom stereocenters. The van der Waals surface area contributed by atoms with E-state index in [0.717, 1.165) is 26.5 Å². The molecule has 0 aliphatic carbocycles. The number of aldehydes is 1. The van der Waals surface area contributed by atoms with E-state index in [1.165, 1.54) is 0 Å². The standard InChI is InChI=1S/C9H6INO/c10-8-4-6-2-1-3-7(5-12)9(6)11-8/h1-5,11H. The van der Waals surface area contributed by atoms with E-state index in [2.05, 4.69) is 27.6 Å². The summed E-state index contributed by atoms with van der Waals surface area (Å²) in [5.74, 6) is 0. The lowest BCUT2D eigenvalue weighted by atomic mass is 10.2. The molecule has 1 aromatic heterocycles. The van der Waals surface area contributed by atoms with Gasteiger partial charge in [-0.15, -0.1) is 0 Å². The molecule has 0 saturated heterocycles. The molecule has 2 nitrogen and oxygen atoms in total. The zero-order valence-electron chi connectivity index (χ0n) is 6.17. The number of para-hydroxylation sites is 1. The van der Waals surface area contributed by atoms with Crippen molar-refractivity contribution < 1.29 is 4.79 Å². The van der Waals surface area contributed by atoms with Crippen LogP contribution in [0.2, 0.25) is 0 Å². The predicted octanol–water partition coefficient (Wildman–Crippen LogP) is 2.58. The van der Waals surface area contributed by atoms with Crippen LogP contribution in [0.1, 0.15) is 10.4 Å². The molecule has 0 radical (unpaired) electrons. The molecule has 60 valence electrons. The number of carbonyl (C=O) groups is 1. The van der Waals surface area contributed by atoms with E-state index in [0.29, 0.717) is 0 Å². The van der Waals surface area contributed by atoms with Gasteiger partial charge < -0.3 is 4.98 Å². The van der Waals surface area contributed by atoms with Gasteiger partial charge in [0, 0.05) is 10.9 Å². The molecule has 0 amide bonds. The largest absolute Gasteiger partial charge is 0.349 e. The third-order valence-electron chi connectivity index (χ3n) is 1.78. The Bertz CT molecular complexity index is 433. The highest BCUT2D eigenvalue weighted by Gasteiger charge is 2.01. The quantitative estimate of drug-likeness (QED) is 0.627. The van der Waals surface area contributed by atoms with Crippen molar-refractivity contribution in [2.24, 2.45) is 0 Å². The topological polar surface area (TPSA) is 32.9 Å². The van der Waals surface area contributed by atoms with Crippen molar-refractivity contribution in [1.29, 1.82) is 0 Å². The molecule has 0 spiro atoms. The molecule has 12 heavy (non-hydrogen) atoms. The SMILES string of the molecule is O=Cc1cccc2cc(I)[nH]c12. The van der Waals surface area contributed by atoms with Crippen LogP contribution in [0.15, 0.2) is 24.3 Å². The zero-order valence-corrected chi connectivity index (χ0v) is 8.33. The first-order valence-corrected chi connectivity index (χ1v) is 4.61. The summed E-state index contributed by atoms with van der Waals surface area (Å²) in [6, 6.07) is 7.70. The number of halogens is 1. The summed E-state index contributed by atoms with van der Waals surface area (Å²) in [4.78, 5) is 13.7. The van der Waals surface area contributed by atoms with Crippen LogP contribution in [-0.4, -0.2) is 11.3 Å². The average Bonchev–Trinajstić information content (AvgIpc) is 2.44. The van der Waals surface area contributed by atoms with Crippen LogP contribution < -0.4 is 0 Å². The van der Waals surface area contributed by atoms with Gasteiger partial charge >= 0.3 is 0 Å². The van der Waals surface area contributed by atoms with Crippen molar-refractivity contribution in [3.05, 3.63) is 33.5 Å². The lowest BCUT2D eigenvalue weighted by molar-refractivity contribution is 0.112. The first kappa shape index (κ1) is 7.79. The number of aromatic amines is 1. The smallest absolute Gasteiger partial charge is 0.152 e. The Kier molecular flexibility index (Phi) is 1.88. The summed E-state index contributed by atoms with van der Waals surface area (Å²) in [6.45, 7) is 0. The Hall–Kier alpha value is -0.840. The molecule has 0 atom stereocenters. The van der Waals surface area contributed by atoms with Gasteiger partial charge in [-0.2, -0.15) is 0 Å². The third kappa shape index (κ3) is 1.14. The van der Waals surface area contributed by atoms with Crippen molar-refractivity contribution in [2.45, 2.75) is 0 Å². The van der Waals surface area contributed by atoms with Gasteiger partial charge in [-0.1, -0.05) is 12.1 Å². The van der Waals surface area contributed by atoms with Crippen LogP contribution in [0.3, 0.4) is 0 Å². The Morgan fingerprint density at radius 3 is 3.00 bits per heavy atom. The number of aromatic nitrogens is 1. The van der Waals surface area contributed by atoms with Crippen molar-refractivity contribution in [3.63, 3.8) is 0 Å². The third-order valence-corrected chi connectivity index (χ3v) is 2.36. The van der Waals surface area contributed by atoms with Crippen LogP contribution in [0, 0.1) is 3.70 Å². The fourth-order valence-electron chi connectivity index (χ4n) is 1.24. The number of carbonyl (C=O) groups excluding carboxylic acids is 1. The molecular weight excluding hydrogens is 265 g/mol. The second kappa shape index (κ2) is 2.90. The lowest BCUT2D eigenvalue weighted by Gasteiger charge is -1.91. The molecule has 0 aliphatic heterocycles. The van der Waals surface area contributed by atoms with Gasteiger partial charge in [0.15, 0.2) is 6.29 Å². The summed E-state index contributed by atoms with van der Waals surface area (Å²) in [5.41, 5.74) is 1.65. The number of rotatable bonds is 1. The van der Waals surface area contributed by atoms with Crippen LogP contribution in [-0.2, 0) is 0 Å². The maximum Gasteiger partial charge on any atom is 0.152 e. The number of nitrogens with one attached hydrogen (secondary N) is 1. The molecule has 0 bridgehead atoms. The van der Waals surface area contributed by atoms with E-state index in [9.17, 15) is 4.79 Å². The van der Waals surface area contributed by atoms with Crippen LogP contribution in [0.25, 0.3) is 10.9 Å². The predicted molar refractivity (Wildman–Crippen MR) is 56.4 cm³/mol. The number of benzene rings is 1. The molecule has 2 aromatic rings. The van der Waals surface area contributed by atoms with Gasteiger partial charge in [0.05, 0.1) is 9.22 Å². The summed E-state index contributed by atoms with van der Waals surface area (Å²) >= 11 is 2.19. The molecule has 1 heterocycles. The van der Waals surface area contributed by atoms with Crippen molar-refractivity contribution >= 4 is 39.8 Å². The monoisotopic (exact) mass is 271 g/mol. The van der Waals surface area contributed by atoms with E-state index in [1.807, 2.05) is 24.3 Å². The fourth-order valence-corrected chi connectivity index (χ4v) is 1.85. The van der Waals surface area contributed by atoms with Gasteiger partial charge in [-0.3, -0.25) is 4.79 Å². The summed E-state index contributed by atoms with van der Waals surface area (Å²) in [6.07, 6.45) is 0.870. The highest BCUT2D eigenvalue weighted by atomic mass is 127. The first-order chi connectivity index (χ1) is 5.81. The van der Waals surface area contributed by atoms with E-state index < -0.39 is 0 Å². The van der Waals surface area contributed by atoms with Gasteiger partial charge in [-0.05, 0) is 34.7 Å². The Labute approximate surface area is 83.1 Å². The molecule has 2 rings (SSSR count). The number of H-pyrrole nitrogens is 1. The molecule has 0 aliphatic rings. The second-order valence-electron chi connectivity index (χ2n) is 2.55. The maximum absolute atomic E-state index is 10.6. The lowest BCUT2D eigenvalue weighted by Crippen LogP contribution is -1.80. The minimum Gasteiger partial charge on any atom is -0.349 e. The molecule has 1 N–H and O–H groups in total. The first-order valence-electron chi connectivity index (χ1n) is 3.53. The van der Waals surface area contributed by atoms with Crippen molar-refractivity contribution in [3.8, 4) is 0 Å². The Morgan fingerprint density at radius 2 is 2.25 bits per heavy atom. The molecule has 3 heteroatoms. The van der Waals surface area contributed by atoms with Gasteiger partial charge in [0.2, 0.25) is 0 Å². The number of hydrogen-bond acceptors (Lipinski definition) is 1. The normalized spacial score (nSPS) is 10.4. The summed E-state index contributed by atoms with van der Waals surface area (Å²) in [7, 11) is 0. The molecule has 0 fully saturated rings. The van der Waals surface area contributed by atoms with Gasteiger partial charge in [-0.25, -0.2) is 0 Å². The highest BCUT2D eigenvalue weighted by Crippen LogP contribution is 2.18. The minimum absolute atomic E-state index is 0.718. The van der Waals surface area contributed by atoms with Gasteiger partial charge in [0.25, 0.3) is 0 Å². The molecule has 0 saturated carbocycles. The van der Waals surface area contributed by atoms with Crippen LogP contribution >= 0.6 is 22.6 Å². The van der Waals surface area contributed by atoms with Crippen LogP contribution in [0.5, 0.6) is 0 Å². The van der Waals surface area contributed by atoms with Crippen molar-refractivity contribution in [2.75, 3.05) is 0 Å². The second-order valence-corrected chi connectivity index (χ2v) is 3.71. The van der Waals surface area contributed by atoms with Gasteiger partial charge in [0.1, 0.15) is 0 Å². The molecular formula is C9H6INO. The van der Waals surface area contributed by atoms with Crippen molar-refractivity contribution in [1.82, 2.24) is 4.98 Å². The van der Waals surface area contributed by atoms with E-state index in [1.54, 1.807) is 0 Å². The summed E-state index contributed by atoms with van der Waals surface area (Å²) < 4.78 is 1.05. The van der Waals surface area contributed by atoms with Crippen LogP contribution in [0.4, 0.5) is 0 Å². The maximum atomic E-state index is 10.6. The van der Waals surface area contributed by atoms with E-state index in [-0.39, 0.29) is 0 Å². The molecule has 1 aromatic carbocycles.